The van der Waals surface area contributed by atoms with Crippen molar-refractivity contribution in [3.8, 4) is 23.3 Å². The number of benzene rings is 2. The zero-order chi connectivity index (χ0) is 19.8. The SMILES string of the molecule is CC.N#Cc1cc(F)cc(Oc2cc3c(c4c2CC(F)(F)C4O)CCO3)c1. The second-order valence-corrected chi connectivity index (χ2v) is 6.07. The molecule has 2 aromatic rings. The van der Waals surface area contributed by atoms with Crippen LogP contribution in [-0.4, -0.2) is 17.6 Å². The van der Waals surface area contributed by atoms with Crippen LogP contribution in [0.25, 0.3) is 0 Å². The molecule has 0 saturated heterocycles. The van der Waals surface area contributed by atoms with Crippen LogP contribution < -0.4 is 9.47 Å². The van der Waals surface area contributed by atoms with Gasteiger partial charge >= 0.3 is 0 Å². The fourth-order valence-corrected chi connectivity index (χ4v) is 3.35. The highest BCUT2D eigenvalue weighted by molar-refractivity contribution is 5.59. The lowest BCUT2D eigenvalue weighted by Gasteiger charge is -2.15. The van der Waals surface area contributed by atoms with Gasteiger partial charge in [-0.1, -0.05) is 13.8 Å². The van der Waals surface area contributed by atoms with Gasteiger partial charge in [-0.3, -0.25) is 0 Å². The van der Waals surface area contributed by atoms with E-state index >= 15 is 0 Å². The number of nitrogens with zero attached hydrogens (tertiary/aromatic N) is 1. The standard InChI is InChI=1S/C18H12F3NO3.C2H6/c19-10-3-9(8-22)4-11(5-10)25-15-6-14-12(1-2-24-14)16-13(15)7-18(20,21)17(16)23;1-2/h3-6,17,23H,1-2,7H2;1-2H3. The summed E-state index contributed by atoms with van der Waals surface area (Å²) in [5.74, 6) is -3.52. The lowest BCUT2D eigenvalue weighted by Crippen LogP contribution is -2.21. The molecule has 1 atom stereocenters. The van der Waals surface area contributed by atoms with E-state index in [1.807, 2.05) is 13.8 Å². The maximum absolute atomic E-state index is 14.1. The summed E-state index contributed by atoms with van der Waals surface area (Å²) in [6, 6.07) is 6.70. The molecule has 4 nitrogen and oxygen atoms in total. The molecule has 142 valence electrons. The Morgan fingerprint density at radius 1 is 1.22 bits per heavy atom. The highest BCUT2D eigenvalue weighted by Gasteiger charge is 2.50. The van der Waals surface area contributed by atoms with E-state index in [4.69, 9.17) is 14.7 Å². The molecule has 4 rings (SSSR count). The Morgan fingerprint density at radius 3 is 2.67 bits per heavy atom. The lowest BCUT2D eigenvalue weighted by atomic mass is 9.99. The summed E-state index contributed by atoms with van der Waals surface area (Å²) >= 11 is 0. The predicted octanol–water partition coefficient (Wildman–Crippen LogP) is 4.68. The number of hydrogen-bond donors (Lipinski definition) is 1. The average Bonchev–Trinajstić information content (AvgIpc) is 3.19. The molecule has 0 fully saturated rings. The van der Waals surface area contributed by atoms with Crippen molar-refractivity contribution >= 4 is 0 Å². The van der Waals surface area contributed by atoms with Crippen LogP contribution in [0.15, 0.2) is 24.3 Å². The first-order valence-corrected chi connectivity index (χ1v) is 8.65. The second kappa shape index (κ2) is 7.12. The van der Waals surface area contributed by atoms with Crippen molar-refractivity contribution in [1.82, 2.24) is 0 Å². The molecule has 0 spiro atoms. The predicted molar refractivity (Wildman–Crippen MR) is 91.8 cm³/mol. The molecule has 27 heavy (non-hydrogen) atoms. The van der Waals surface area contributed by atoms with E-state index in [9.17, 15) is 18.3 Å². The van der Waals surface area contributed by atoms with Gasteiger partial charge in [-0.15, -0.1) is 0 Å². The number of aliphatic hydroxyl groups is 1. The van der Waals surface area contributed by atoms with Gasteiger partial charge in [0.05, 0.1) is 18.2 Å². The third-order valence-electron chi connectivity index (χ3n) is 4.43. The normalized spacial score (nSPS) is 18.5. The molecule has 0 amide bonds. The van der Waals surface area contributed by atoms with Crippen molar-refractivity contribution in [2.75, 3.05) is 6.61 Å². The first kappa shape index (κ1) is 19.1. The number of nitriles is 1. The molecule has 1 aliphatic carbocycles. The number of rotatable bonds is 2. The highest BCUT2D eigenvalue weighted by Crippen LogP contribution is 2.52. The minimum Gasteiger partial charge on any atom is -0.493 e. The van der Waals surface area contributed by atoms with Crippen molar-refractivity contribution < 1.29 is 27.8 Å². The first-order valence-electron chi connectivity index (χ1n) is 8.65. The second-order valence-electron chi connectivity index (χ2n) is 6.07. The van der Waals surface area contributed by atoms with Gasteiger partial charge in [0.25, 0.3) is 5.92 Å². The molecule has 1 unspecified atom stereocenters. The lowest BCUT2D eigenvalue weighted by molar-refractivity contribution is -0.0970. The number of halogens is 3. The first-order chi connectivity index (χ1) is 12.9. The molecule has 2 aliphatic rings. The van der Waals surface area contributed by atoms with Gasteiger partial charge in [0, 0.05) is 41.7 Å². The topological polar surface area (TPSA) is 62.5 Å². The van der Waals surface area contributed by atoms with E-state index < -0.39 is 24.3 Å². The van der Waals surface area contributed by atoms with E-state index in [-0.39, 0.29) is 28.2 Å². The number of fused-ring (bicyclic) bond motifs is 3. The Labute approximate surface area is 154 Å². The van der Waals surface area contributed by atoms with Gasteiger partial charge in [0.1, 0.15) is 29.2 Å². The number of aliphatic hydroxyl groups excluding tert-OH is 1. The molecule has 0 radical (unpaired) electrons. The zero-order valence-electron chi connectivity index (χ0n) is 14.9. The number of alkyl halides is 2. The van der Waals surface area contributed by atoms with Gasteiger partial charge < -0.3 is 14.6 Å². The van der Waals surface area contributed by atoms with Crippen molar-refractivity contribution in [1.29, 1.82) is 5.26 Å². The fourth-order valence-electron chi connectivity index (χ4n) is 3.35. The summed E-state index contributed by atoms with van der Waals surface area (Å²) in [4.78, 5) is 0. The molecule has 7 heteroatoms. The number of ether oxygens (including phenoxy) is 2. The molecular formula is C20H18F3NO3. The van der Waals surface area contributed by atoms with Gasteiger partial charge in [0.2, 0.25) is 0 Å². The molecule has 0 aromatic heterocycles. The van der Waals surface area contributed by atoms with E-state index in [1.165, 1.54) is 12.1 Å². The van der Waals surface area contributed by atoms with Crippen molar-refractivity contribution in [3.05, 3.63) is 52.3 Å². The molecule has 2 aromatic carbocycles. The maximum Gasteiger partial charge on any atom is 0.281 e. The minimum atomic E-state index is -3.31. The minimum absolute atomic E-state index is 0.0152. The van der Waals surface area contributed by atoms with Crippen LogP contribution in [0, 0.1) is 17.1 Å². The largest absolute Gasteiger partial charge is 0.493 e. The summed E-state index contributed by atoms with van der Waals surface area (Å²) < 4.78 is 52.7. The van der Waals surface area contributed by atoms with Gasteiger partial charge in [-0.25, -0.2) is 13.2 Å². The summed E-state index contributed by atoms with van der Waals surface area (Å²) in [5, 5.41) is 18.9. The van der Waals surface area contributed by atoms with E-state index in [2.05, 4.69) is 0 Å². The Bertz CT molecular complexity index is 922. The van der Waals surface area contributed by atoms with Gasteiger partial charge in [-0.05, 0) is 12.1 Å². The van der Waals surface area contributed by atoms with Crippen molar-refractivity contribution in [3.63, 3.8) is 0 Å². The van der Waals surface area contributed by atoms with Gasteiger partial charge in [0.15, 0.2) is 0 Å². The summed E-state index contributed by atoms with van der Waals surface area (Å²) in [6.07, 6.45) is -2.17. The quantitative estimate of drug-likeness (QED) is 0.826. The third-order valence-corrected chi connectivity index (χ3v) is 4.43. The molecular weight excluding hydrogens is 359 g/mol. The van der Waals surface area contributed by atoms with Crippen LogP contribution in [0.5, 0.6) is 17.2 Å². The smallest absolute Gasteiger partial charge is 0.281 e. The molecule has 0 bridgehead atoms. The molecule has 1 N–H and O–H groups in total. The Kier molecular flexibility index (Phi) is 5.03. The maximum atomic E-state index is 14.1. The van der Waals surface area contributed by atoms with Crippen molar-refractivity contribution in [2.24, 2.45) is 0 Å². The monoisotopic (exact) mass is 377 g/mol. The Balaban J connectivity index is 0.00000102. The van der Waals surface area contributed by atoms with Crippen LogP contribution >= 0.6 is 0 Å². The van der Waals surface area contributed by atoms with Crippen LogP contribution in [0.4, 0.5) is 13.2 Å². The summed E-state index contributed by atoms with van der Waals surface area (Å²) in [7, 11) is 0. The van der Waals surface area contributed by atoms with Crippen LogP contribution in [0.1, 0.15) is 42.2 Å². The van der Waals surface area contributed by atoms with E-state index in [0.29, 0.717) is 24.3 Å². The molecule has 0 saturated carbocycles. The van der Waals surface area contributed by atoms with Crippen LogP contribution in [0.3, 0.4) is 0 Å². The molecule has 1 heterocycles. The highest BCUT2D eigenvalue weighted by atomic mass is 19.3. The van der Waals surface area contributed by atoms with E-state index in [1.54, 1.807) is 6.07 Å². The zero-order valence-corrected chi connectivity index (χ0v) is 14.9. The summed E-state index contributed by atoms with van der Waals surface area (Å²) in [6.45, 7) is 4.34. The van der Waals surface area contributed by atoms with Crippen LogP contribution in [0.2, 0.25) is 0 Å². The van der Waals surface area contributed by atoms with Crippen LogP contribution in [-0.2, 0) is 12.8 Å². The Morgan fingerprint density at radius 2 is 1.96 bits per heavy atom. The third kappa shape index (κ3) is 3.33. The Hall–Kier alpha value is -2.72. The van der Waals surface area contributed by atoms with Crippen molar-refractivity contribution in [2.45, 2.75) is 38.7 Å². The fraction of sp³-hybridized carbons (Fsp3) is 0.350. The molecule has 1 aliphatic heterocycles. The average molecular weight is 377 g/mol. The van der Waals surface area contributed by atoms with E-state index in [0.717, 1.165) is 12.1 Å². The summed E-state index contributed by atoms with van der Waals surface area (Å²) in [5.41, 5.74) is 0.926. The van der Waals surface area contributed by atoms with Gasteiger partial charge in [-0.2, -0.15) is 5.26 Å². The number of hydrogen-bond acceptors (Lipinski definition) is 4.